The number of para-hydroxylation sites is 1. The summed E-state index contributed by atoms with van der Waals surface area (Å²) in [4.78, 5) is 24.2. The number of esters is 2. The number of aromatic hydroxyl groups is 1. The Morgan fingerprint density at radius 3 is 2.68 bits per heavy atom. The Hall–Kier alpha value is -2.04. The van der Waals surface area contributed by atoms with Gasteiger partial charge in [-0.15, -0.1) is 0 Å². The van der Waals surface area contributed by atoms with Crippen LogP contribution in [0.1, 0.15) is 56.0 Å². The molecule has 3 atom stereocenters. The van der Waals surface area contributed by atoms with E-state index in [0.29, 0.717) is 23.3 Å². The Labute approximate surface area is 149 Å². The fourth-order valence-electron chi connectivity index (χ4n) is 3.48. The smallest absolute Gasteiger partial charge is 0.344 e. The van der Waals surface area contributed by atoms with E-state index in [9.17, 15) is 14.7 Å². The van der Waals surface area contributed by atoms with Crippen molar-refractivity contribution in [2.45, 2.75) is 53.1 Å². The van der Waals surface area contributed by atoms with Gasteiger partial charge >= 0.3 is 11.9 Å². The van der Waals surface area contributed by atoms with Gasteiger partial charge in [-0.2, -0.15) is 0 Å². The minimum absolute atomic E-state index is 0.0548. The lowest BCUT2D eigenvalue weighted by atomic mass is 9.75. The molecule has 25 heavy (non-hydrogen) atoms. The molecule has 1 aliphatic carbocycles. The molecule has 2 rings (SSSR count). The lowest BCUT2D eigenvalue weighted by Gasteiger charge is -2.36. The van der Waals surface area contributed by atoms with E-state index in [0.717, 1.165) is 19.3 Å². The van der Waals surface area contributed by atoms with E-state index >= 15 is 0 Å². The Balaban J connectivity index is 1.91. The van der Waals surface area contributed by atoms with E-state index in [2.05, 4.69) is 20.8 Å². The highest BCUT2D eigenvalue weighted by molar-refractivity contribution is 5.93. The summed E-state index contributed by atoms with van der Waals surface area (Å²) in [5.41, 5.74) is 0.632. The van der Waals surface area contributed by atoms with Crippen molar-refractivity contribution in [1.29, 1.82) is 0 Å². The second kappa shape index (κ2) is 8.37. The van der Waals surface area contributed by atoms with Crippen LogP contribution in [0.4, 0.5) is 0 Å². The third-order valence-corrected chi connectivity index (χ3v) is 5.02. The lowest BCUT2D eigenvalue weighted by Crippen LogP contribution is -2.36. The molecular weight excluding hydrogens is 320 g/mol. The maximum atomic E-state index is 12.1. The molecule has 5 heteroatoms. The van der Waals surface area contributed by atoms with Crippen molar-refractivity contribution in [3.63, 3.8) is 0 Å². The molecule has 0 aliphatic heterocycles. The van der Waals surface area contributed by atoms with E-state index in [-0.39, 0.29) is 17.4 Å². The van der Waals surface area contributed by atoms with Crippen LogP contribution in [0.5, 0.6) is 5.75 Å². The molecule has 1 fully saturated rings. The van der Waals surface area contributed by atoms with Gasteiger partial charge in [0.15, 0.2) is 6.61 Å². The molecule has 1 saturated carbocycles. The summed E-state index contributed by atoms with van der Waals surface area (Å²) >= 11 is 0. The number of phenols is 1. The highest BCUT2D eigenvalue weighted by Gasteiger charge is 2.33. The minimum Gasteiger partial charge on any atom is -0.507 e. The van der Waals surface area contributed by atoms with Gasteiger partial charge in [-0.25, -0.2) is 9.59 Å². The second-order valence-corrected chi connectivity index (χ2v) is 7.40. The largest absolute Gasteiger partial charge is 0.507 e. The third kappa shape index (κ3) is 4.97. The number of benzene rings is 1. The molecular formula is C20H28O5. The molecule has 1 aromatic rings. The summed E-state index contributed by atoms with van der Waals surface area (Å²) in [5.74, 6) is -0.0731. The first kappa shape index (κ1) is 19.3. The number of carbonyl (C=O) groups excluding carboxylic acids is 2. The SMILES string of the molecule is Cc1cccc(C(=O)OCC(=O)O[C@H]2C[C@@H](C)CC[C@@H]2C(C)C)c1O. The first-order chi connectivity index (χ1) is 11.8. The zero-order valence-electron chi connectivity index (χ0n) is 15.5. The minimum atomic E-state index is -0.726. The van der Waals surface area contributed by atoms with Crippen LogP contribution in [0.15, 0.2) is 18.2 Å². The Morgan fingerprint density at radius 1 is 1.28 bits per heavy atom. The first-order valence-electron chi connectivity index (χ1n) is 8.94. The van der Waals surface area contributed by atoms with Crippen molar-refractivity contribution in [2.24, 2.45) is 17.8 Å². The molecule has 5 nitrogen and oxygen atoms in total. The molecule has 1 N–H and O–H groups in total. The van der Waals surface area contributed by atoms with Gasteiger partial charge in [-0.3, -0.25) is 0 Å². The first-order valence-corrected chi connectivity index (χ1v) is 8.94. The van der Waals surface area contributed by atoms with Gasteiger partial charge < -0.3 is 14.6 Å². The predicted octanol–water partition coefficient (Wildman–Crippen LogP) is 3.86. The molecule has 0 saturated heterocycles. The monoisotopic (exact) mass is 348 g/mol. The molecule has 0 amide bonds. The van der Waals surface area contributed by atoms with Crippen LogP contribution >= 0.6 is 0 Å². The van der Waals surface area contributed by atoms with Crippen LogP contribution in [0.3, 0.4) is 0 Å². The van der Waals surface area contributed by atoms with E-state index in [4.69, 9.17) is 9.47 Å². The van der Waals surface area contributed by atoms with E-state index < -0.39 is 18.5 Å². The summed E-state index contributed by atoms with van der Waals surface area (Å²) in [5, 5.41) is 9.90. The molecule has 0 spiro atoms. The van der Waals surface area contributed by atoms with E-state index in [1.165, 1.54) is 6.07 Å². The quantitative estimate of drug-likeness (QED) is 0.818. The number of phenolic OH excluding ortho intramolecular Hbond substituents is 1. The number of carbonyl (C=O) groups is 2. The van der Waals surface area contributed by atoms with Crippen molar-refractivity contribution < 1.29 is 24.2 Å². The molecule has 0 bridgehead atoms. The van der Waals surface area contributed by atoms with Gasteiger partial charge in [-0.1, -0.05) is 39.3 Å². The average Bonchev–Trinajstić information content (AvgIpc) is 2.55. The van der Waals surface area contributed by atoms with Crippen LogP contribution in [0.2, 0.25) is 0 Å². The normalized spacial score (nSPS) is 23.3. The molecule has 0 aromatic heterocycles. The van der Waals surface area contributed by atoms with Gasteiger partial charge in [0.1, 0.15) is 17.4 Å². The maximum Gasteiger partial charge on any atom is 0.344 e. The summed E-state index contributed by atoms with van der Waals surface area (Å²) in [7, 11) is 0. The summed E-state index contributed by atoms with van der Waals surface area (Å²) in [6.45, 7) is 7.70. The standard InChI is InChI=1S/C20H28O5/c1-12(2)15-9-8-13(3)10-17(15)25-18(21)11-24-20(23)16-7-5-6-14(4)19(16)22/h5-7,12-13,15,17,22H,8-11H2,1-4H3/t13-,15+,17-/m0/s1. The van der Waals surface area contributed by atoms with Gasteiger partial charge in [-0.05, 0) is 49.1 Å². The van der Waals surface area contributed by atoms with Gasteiger partial charge in [0, 0.05) is 0 Å². The van der Waals surface area contributed by atoms with Crippen molar-refractivity contribution >= 4 is 11.9 Å². The fourth-order valence-corrected chi connectivity index (χ4v) is 3.48. The molecule has 1 aliphatic rings. The Bertz CT molecular complexity index is 623. The molecule has 0 radical (unpaired) electrons. The topological polar surface area (TPSA) is 72.8 Å². The van der Waals surface area contributed by atoms with Crippen molar-refractivity contribution in [2.75, 3.05) is 6.61 Å². The zero-order valence-corrected chi connectivity index (χ0v) is 15.5. The van der Waals surface area contributed by atoms with Crippen LogP contribution < -0.4 is 0 Å². The van der Waals surface area contributed by atoms with Crippen molar-refractivity contribution in [1.82, 2.24) is 0 Å². The second-order valence-electron chi connectivity index (χ2n) is 7.40. The van der Waals surface area contributed by atoms with Crippen molar-refractivity contribution in [3.8, 4) is 5.75 Å². The summed E-state index contributed by atoms with van der Waals surface area (Å²) in [6, 6.07) is 4.81. The van der Waals surface area contributed by atoms with Gasteiger partial charge in [0.25, 0.3) is 0 Å². The van der Waals surface area contributed by atoms with Crippen LogP contribution in [-0.4, -0.2) is 29.8 Å². The van der Waals surface area contributed by atoms with Crippen LogP contribution in [0, 0.1) is 24.7 Å². The van der Waals surface area contributed by atoms with E-state index in [1.54, 1.807) is 19.1 Å². The third-order valence-electron chi connectivity index (χ3n) is 5.02. The average molecular weight is 348 g/mol. The van der Waals surface area contributed by atoms with E-state index in [1.807, 2.05) is 0 Å². The summed E-state index contributed by atoms with van der Waals surface area (Å²) in [6.07, 6.45) is 2.93. The number of aryl methyl sites for hydroxylation is 1. The number of rotatable bonds is 5. The number of ether oxygens (including phenoxy) is 2. The van der Waals surface area contributed by atoms with Crippen LogP contribution in [0.25, 0.3) is 0 Å². The number of hydrogen-bond acceptors (Lipinski definition) is 5. The highest BCUT2D eigenvalue weighted by Crippen LogP contribution is 2.35. The van der Waals surface area contributed by atoms with Gasteiger partial charge in [0.05, 0.1) is 0 Å². The molecule has 1 aromatic carbocycles. The fraction of sp³-hybridized carbons (Fsp3) is 0.600. The van der Waals surface area contributed by atoms with Crippen LogP contribution in [-0.2, 0) is 14.3 Å². The van der Waals surface area contributed by atoms with Crippen molar-refractivity contribution in [3.05, 3.63) is 29.3 Å². The Morgan fingerprint density at radius 2 is 2.00 bits per heavy atom. The molecule has 0 heterocycles. The van der Waals surface area contributed by atoms with Gasteiger partial charge in [0.2, 0.25) is 0 Å². The highest BCUT2D eigenvalue weighted by atomic mass is 16.6. The molecule has 0 unspecified atom stereocenters. The predicted molar refractivity (Wildman–Crippen MR) is 94.3 cm³/mol. The number of hydrogen-bond donors (Lipinski definition) is 1. The lowest BCUT2D eigenvalue weighted by molar-refractivity contribution is -0.159. The molecule has 138 valence electrons. The summed E-state index contributed by atoms with van der Waals surface area (Å²) < 4.78 is 10.6. The zero-order chi connectivity index (χ0) is 18.6. The Kier molecular flexibility index (Phi) is 6.45. The maximum absolute atomic E-state index is 12.1.